The van der Waals surface area contributed by atoms with E-state index in [2.05, 4.69) is 13.8 Å². The van der Waals surface area contributed by atoms with E-state index in [0.717, 1.165) is 30.6 Å². The molecule has 0 bridgehead atoms. The van der Waals surface area contributed by atoms with E-state index in [0.29, 0.717) is 22.5 Å². The fraction of sp³-hybridized carbons (Fsp3) is 0.947. The summed E-state index contributed by atoms with van der Waals surface area (Å²) in [6, 6.07) is 0. The Hall–Kier alpha value is -0.330. The van der Waals surface area contributed by atoms with Crippen molar-refractivity contribution in [3.63, 3.8) is 0 Å². The largest absolute Gasteiger partial charge is 0.299 e. The molecule has 4 aliphatic carbocycles. The summed E-state index contributed by atoms with van der Waals surface area (Å²) in [4.78, 5) is 12.4. The molecule has 0 saturated heterocycles. The van der Waals surface area contributed by atoms with E-state index in [-0.39, 0.29) is 0 Å². The van der Waals surface area contributed by atoms with Gasteiger partial charge in [-0.05, 0) is 80.0 Å². The van der Waals surface area contributed by atoms with Crippen LogP contribution in [0.4, 0.5) is 0 Å². The number of hydrogen-bond donors (Lipinski definition) is 0. The van der Waals surface area contributed by atoms with Crippen LogP contribution < -0.4 is 0 Å². The zero-order chi connectivity index (χ0) is 14.0. The van der Waals surface area contributed by atoms with Crippen molar-refractivity contribution in [2.75, 3.05) is 0 Å². The van der Waals surface area contributed by atoms with Gasteiger partial charge in [-0.3, -0.25) is 4.79 Å². The number of carbonyl (C=O) groups is 1. The minimum atomic E-state index is 0.363. The second-order valence-corrected chi connectivity index (χ2v) is 8.92. The summed E-state index contributed by atoms with van der Waals surface area (Å²) in [6.07, 6.45) is 13.2. The fourth-order valence-electron chi connectivity index (χ4n) is 7.16. The second kappa shape index (κ2) is 4.34. The molecule has 1 heteroatoms. The van der Waals surface area contributed by atoms with Crippen molar-refractivity contribution in [3.05, 3.63) is 0 Å². The van der Waals surface area contributed by atoms with Crippen molar-refractivity contribution < 1.29 is 4.79 Å². The molecule has 0 N–H and O–H groups in total. The van der Waals surface area contributed by atoms with Crippen LogP contribution in [0, 0.1) is 34.5 Å². The van der Waals surface area contributed by atoms with E-state index in [1.807, 2.05) is 0 Å². The first-order valence-corrected chi connectivity index (χ1v) is 9.07. The lowest BCUT2D eigenvalue weighted by Gasteiger charge is -2.59. The van der Waals surface area contributed by atoms with Gasteiger partial charge in [0.1, 0.15) is 5.78 Å². The molecule has 0 aromatic heterocycles. The summed E-state index contributed by atoms with van der Waals surface area (Å²) in [5.74, 6) is 3.82. The van der Waals surface area contributed by atoms with Gasteiger partial charge in [0.2, 0.25) is 0 Å². The van der Waals surface area contributed by atoms with Gasteiger partial charge < -0.3 is 0 Å². The van der Waals surface area contributed by atoms with Crippen molar-refractivity contribution >= 4 is 5.78 Å². The van der Waals surface area contributed by atoms with Crippen LogP contribution in [-0.2, 0) is 4.79 Å². The van der Waals surface area contributed by atoms with Crippen molar-refractivity contribution in [3.8, 4) is 0 Å². The first kappa shape index (κ1) is 13.3. The zero-order valence-corrected chi connectivity index (χ0v) is 13.3. The Kier molecular flexibility index (Phi) is 2.89. The highest BCUT2D eigenvalue weighted by Crippen LogP contribution is 2.65. The third-order valence-electron chi connectivity index (χ3n) is 8.18. The van der Waals surface area contributed by atoms with Gasteiger partial charge in [0.25, 0.3) is 0 Å². The average molecular weight is 274 g/mol. The number of Topliss-reactive ketones (excluding diaryl/α,β-unsaturated/α-hetero) is 1. The van der Waals surface area contributed by atoms with E-state index in [4.69, 9.17) is 0 Å². The summed E-state index contributed by atoms with van der Waals surface area (Å²) in [5.41, 5.74) is 1.02. The summed E-state index contributed by atoms with van der Waals surface area (Å²) >= 11 is 0. The molecule has 0 amide bonds. The molecule has 6 atom stereocenters. The second-order valence-electron chi connectivity index (χ2n) is 8.92. The van der Waals surface area contributed by atoms with Gasteiger partial charge in [-0.2, -0.15) is 0 Å². The Bertz CT molecular complexity index is 427. The van der Waals surface area contributed by atoms with Gasteiger partial charge in [-0.1, -0.05) is 20.3 Å². The average Bonchev–Trinajstić information content (AvgIpc) is 2.80. The Balaban J connectivity index is 1.67. The monoisotopic (exact) mass is 274 g/mol. The molecule has 4 aliphatic rings. The van der Waals surface area contributed by atoms with Crippen molar-refractivity contribution in [1.29, 1.82) is 0 Å². The van der Waals surface area contributed by atoms with Crippen LogP contribution in [0.25, 0.3) is 0 Å². The molecule has 0 unspecified atom stereocenters. The van der Waals surface area contributed by atoms with Crippen LogP contribution in [0.15, 0.2) is 0 Å². The maximum atomic E-state index is 12.4. The summed E-state index contributed by atoms with van der Waals surface area (Å²) in [7, 11) is 0. The molecule has 1 nitrogen and oxygen atoms in total. The van der Waals surface area contributed by atoms with Gasteiger partial charge in [-0.15, -0.1) is 0 Å². The molecule has 0 aromatic carbocycles. The molecule has 0 aromatic rings. The van der Waals surface area contributed by atoms with Crippen LogP contribution in [0.1, 0.15) is 78.1 Å². The minimum Gasteiger partial charge on any atom is -0.299 e. The molecular weight excluding hydrogens is 244 g/mol. The van der Waals surface area contributed by atoms with Crippen molar-refractivity contribution in [1.82, 2.24) is 0 Å². The van der Waals surface area contributed by atoms with E-state index < -0.39 is 0 Å². The Morgan fingerprint density at radius 2 is 1.75 bits per heavy atom. The van der Waals surface area contributed by atoms with Crippen molar-refractivity contribution in [2.24, 2.45) is 34.5 Å². The maximum Gasteiger partial charge on any atom is 0.136 e. The molecule has 0 heterocycles. The third kappa shape index (κ3) is 1.64. The predicted molar refractivity (Wildman–Crippen MR) is 81.4 cm³/mol. The lowest BCUT2D eigenvalue weighted by molar-refractivity contribution is -0.146. The van der Waals surface area contributed by atoms with E-state index in [9.17, 15) is 4.79 Å². The van der Waals surface area contributed by atoms with Gasteiger partial charge in [0.15, 0.2) is 0 Å². The van der Waals surface area contributed by atoms with E-state index in [1.54, 1.807) is 0 Å². The van der Waals surface area contributed by atoms with Crippen molar-refractivity contribution in [2.45, 2.75) is 78.1 Å². The Labute approximate surface area is 123 Å². The Morgan fingerprint density at radius 3 is 2.60 bits per heavy atom. The minimum absolute atomic E-state index is 0.363. The quantitative estimate of drug-likeness (QED) is 0.608. The molecule has 0 radical (unpaired) electrons. The van der Waals surface area contributed by atoms with Crippen LogP contribution in [0.5, 0.6) is 0 Å². The maximum absolute atomic E-state index is 12.4. The van der Waals surface area contributed by atoms with Crippen LogP contribution in [-0.4, -0.2) is 5.78 Å². The first-order chi connectivity index (χ1) is 9.55. The highest BCUT2D eigenvalue weighted by atomic mass is 16.1. The predicted octanol–water partition coefficient (Wildman–Crippen LogP) is 4.99. The van der Waals surface area contributed by atoms with Gasteiger partial charge in [0, 0.05) is 12.3 Å². The lowest BCUT2D eigenvalue weighted by atomic mass is 9.45. The van der Waals surface area contributed by atoms with Gasteiger partial charge in [0.05, 0.1) is 0 Å². The molecular formula is C19H30O. The number of carbonyl (C=O) groups excluding carboxylic acids is 1. The molecule has 4 rings (SSSR count). The Morgan fingerprint density at radius 1 is 0.900 bits per heavy atom. The van der Waals surface area contributed by atoms with Crippen LogP contribution >= 0.6 is 0 Å². The summed E-state index contributed by atoms with van der Waals surface area (Å²) in [5, 5.41) is 0. The van der Waals surface area contributed by atoms with Gasteiger partial charge in [-0.25, -0.2) is 0 Å². The smallest absolute Gasteiger partial charge is 0.136 e. The highest BCUT2D eigenvalue weighted by molar-refractivity contribution is 5.82. The third-order valence-corrected chi connectivity index (χ3v) is 8.18. The normalized spacial score (nSPS) is 55.0. The topological polar surface area (TPSA) is 17.1 Å². The number of hydrogen-bond acceptors (Lipinski definition) is 1. The van der Waals surface area contributed by atoms with Gasteiger partial charge >= 0.3 is 0 Å². The lowest BCUT2D eigenvalue weighted by Crippen LogP contribution is -2.53. The number of fused-ring (bicyclic) bond motifs is 5. The zero-order valence-electron chi connectivity index (χ0n) is 13.3. The number of ketones is 1. The molecule has 112 valence electrons. The molecule has 0 spiro atoms. The molecule has 4 fully saturated rings. The molecule has 4 saturated carbocycles. The SMILES string of the molecule is C[C@]12CCC[C@@H]1[C@H]1CC[C@H]3C(=O)CCC[C@]3(C)[C@@H]1CC2. The summed E-state index contributed by atoms with van der Waals surface area (Å²) in [6.45, 7) is 5.06. The fourth-order valence-corrected chi connectivity index (χ4v) is 7.16. The highest BCUT2D eigenvalue weighted by Gasteiger charge is 2.58. The summed E-state index contributed by atoms with van der Waals surface area (Å²) < 4.78 is 0. The standard InChI is InChI=1S/C19H30O/c1-18-10-3-5-14(18)13-7-8-16-17(20)6-4-11-19(16,2)15(13)9-12-18/h13-16H,3-12H2,1-2H3/t13-,14-,15-,16+,18-,19-/m1/s1. The van der Waals surface area contributed by atoms with E-state index in [1.165, 1.54) is 51.4 Å². The first-order valence-electron chi connectivity index (χ1n) is 9.07. The van der Waals surface area contributed by atoms with Crippen LogP contribution in [0.3, 0.4) is 0 Å². The molecule has 20 heavy (non-hydrogen) atoms. The number of rotatable bonds is 0. The van der Waals surface area contributed by atoms with Crippen LogP contribution in [0.2, 0.25) is 0 Å². The van der Waals surface area contributed by atoms with E-state index >= 15 is 0 Å². The molecule has 0 aliphatic heterocycles.